The van der Waals surface area contributed by atoms with Crippen LogP contribution < -0.4 is 16.0 Å². The molecule has 0 aliphatic heterocycles. The molecular weight excluding hydrogens is 290 g/mol. The lowest BCUT2D eigenvalue weighted by atomic mass is 9.95. The van der Waals surface area contributed by atoms with Crippen LogP contribution in [0.25, 0.3) is 0 Å². The summed E-state index contributed by atoms with van der Waals surface area (Å²) in [6.07, 6.45) is 5.07. The summed E-state index contributed by atoms with van der Waals surface area (Å²) in [5, 5.41) is 8.08. The van der Waals surface area contributed by atoms with Crippen LogP contribution in [-0.4, -0.2) is 31.6 Å². The smallest absolute Gasteiger partial charge is 0.315 e. The molecule has 122 valence electrons. The Kier molecular flexibility index (Phi) is 4.37. The highest BCUT2D eigenvalue weighted by molar-refractivity contribution is 5.83. The molecule has 5 nitrogen and oxygen atoms in total. The van der Waals surface area contributed by atoms with Crippen molar-refractivity contribution < 1.29 is 9.59 Å². The highest BCUT2D eigenvalue weighted by atomic mass is 16.2. The van der Waals surface area contributed by atoms with Gasteiger partial charge in [-0.2, -0.15) is 0 Å². The molecule has 5 heteroatoms. The summed E-state index contributed by atoms with van der Waals surface area (Å²) in [7, 11) is 0. The Morgan fingerprint density at radius 2 is 2.09 bits per heavy atom. The zero-order chi connectivity index (χ0) is 16.3. The molecule has 0 bridgehead atoms. The molecule has 3 N–H and O–H groups in total. The molecule has 23 heavy (non-hydrogen) atoms. The quantitative estimate of drug-likeness (QED) is 0.697. The Labute approximate surface area is 136 Å². The average molecular weight is 313 g/mol. The molecule has 2 aliphatic rings. The molecule has 1 saturated carbocycles. The zero-order valence-corrected chi connectivity index (χ0v) is 13.2. The van der Waals surface area contributed by atoms with E-state index in [1.807, 2.05) is 0 Å². The fourth-order valence-corrected chi connectivity index (χ4v) is 3.69. The second-order valence-corrected chi connectivity index (χ2v) is 6.37. The molecule has 1 aromatic rings. The second kappa shape index (κ2) is 6.44. The lowest BCUT2D eigenvalue weighted by molar-refractivity contribution is -0.119. The molecule has 0 unspecified atom stereocenters. The van der Waals surface area contributed by atoms with E-state index in [4.69, 9.17) is 0 Å². The van der Waals surface area contributed by atoms with Gasteiger partial charge in [-0.15, -0.1) is 6.58 Å². The number of urea groups is 1. The number of hydrogen-bond donors (Lipinski definition) is 3. The lowest BCUT2D eigenvalue weighted by Crippen LogP contribution is -2.42. The molecule has 1 spiro atoms. The van der Waals surface area contributed by atoms with Crippen LogP contribution in [0, 0.1) is 5.92 Å². The van der Waals surface area contributed by atoms with Gasteiger partial charge < -0.3 is 16.0 Å². The molecule has 0 aromatic heterocycles. The van der Waals surface area contributed by atoms with Gasteiger partial charge in [0.05, 0.1) is 6.54 Å². The van der Waals surface area contributed by atoms with Crippen LogP contribution in [0.1, 0.15) is 24.0 Å². The topological polar surface area (TPSA) is 70.2 Å². The van der Waals surface area contributed by atoms with Gasteiger partial charge in [0.15, 0.2) is 0 Å². The van der Waals surface area contributed by atoms with Gasteiger partial charge in [-0.25, -0.2) is 4.79 Å². The molecule has 2 atom stereocenters. The summed E-state index contributed by atoms with van der Waals surface area (Å²) < 4.78 is 0. The van der Waals surface area contributed by atoms with Crippen molar-refractivity contribution in [2.24, 2.45) is 5.92 Å². The van der Waals surface area contributed by atoms with Gasteiger partial charge in [0.2, 0.25) is 5.91 Å². The highest BCUT2D eigenvalue weighted by Crippen LogP contribution is 2.61. The average Bonchev–Trinajstić information content (AvgIpc) is 3.16. The van der Waals surface area contributed by atoms with E-state index in [1.54, 1.807) is 6.08 Å². The Hall–Kier alpha value is -2.30. The largest absolute Gasteiger partial charge is 0.351 e. The van der Waals surface area contributed by atoms with Crippen molar-refractivity contribution in [3.63, 3.8) is 0 Å². The van der Waals surface area contributed by atoms with E-state index in [0.717, 1.165) is 12.8 Å². The van der Waals surface area contributed by atoms with Crippen LogP contribution in [0.3, 0.4) is 0 Å². The van der Waals surface area contributed by atoms with E-state index in [-0.39, 0.29) is 23.9 Å². The molecule has 3 rings (SSSR count). The van der Waals surface area contributed by atoms with Gasteiger partial charge in [0.25, 0.3) is 0 Å². The number of carbonyl (C=O) groups is 2. The van der Waals surface area contributed by atoms with Crippen LogP contribution in [0.15, 0.2) is 36.9 Å². The van der Waals surface area contributed by atoms with Crippen molar-refractivity contribution in [1.29, 1.82) is 0 Å². The van der Waals surface area contributed by atoms with E-state index >= 15 is 0 Å². The second-order valence-electron chi connectivity index (χ2n) is 6.37. The molecular formula is C18H23N3O2. The Balaban J connectivity index is 1.42. The first-order chi connectivity index (χ1) is 11.2. The Bertz CT molecular complexity index is 628. The fourth-order valence-electron chi connectivity index (χ4n) is 3.69. The Morgan fingerprint density at radius 3 is 2.91 bits per heavy atom. The Morgan fingerprint density at radius 1 is 1.26 bits per heavy atom. The van der Waals surface area contributed by atoms with E-state index in [9.17, 15) is 9.59 Å². The molecule has 0 radical (unpaired) electrons. The number of benzene rings is 1. The van der Waals surface area contributed by atoms with Crippen molar-refractivity contribution in [3.8, 4) is 0 Å². The van der Waals surface area contributed by atoms with Crippen molar-refractivity contribution in [1.82, 2.24) is 16.0 Å². The molecule has 1 aromatic carbocycles. The molecule has 2 aliphatic carbocycles. The molecule has 1 fully saturated rings. The SMILES string of the molecule is C=CCNC(=O)CNC(=O)NC[C@@H]1C[C@]12CCc1ccccc12. The summed E-state index contributed by atoms with van der Waals surface area (Å²) in [4.78, 5) is 23.2. The van der Waals surface area contributed by atoms with Gasteiger partial charge in [-0.1, -0.05) is 30.3 Å². The first-order valence-corrected chi connectivity index (χ1v) is 8.13. The number of carbonyl (C=O) groups excluding carboxylic acids is 2. The summed E-state index contributed by atoms with van der Waals surface area (Å²) in [5.74, 6) is 0.291. The number of rotatable bonds is 6. The standard InChI is InChI=1S/C18H23N3O2/c1-2-9-19-16(22)12-21-17(23)20-11-14-10-18(14)8-7-13-5-3-4-6-15(13)18/h2-6,14H,1,7-12H2,(H,19,22)(H2,20,21,23)/t14-,18+/m0/s1. The summed E-state index contributed by atoms with van der Waals surface area (Å²) in [6.45, 7) is 4.57. The lowest BCUT2D eigenvalue weighted by Gasteiger charge is -2.12. The number of nitrogens with one attached hydrogen (secondary N) is 3. The van der Waals surface area contributed by atoms with E-state index < -0.39 is 0 Å². The van der Waals surface area contributed by atoms with Crippen molar-refractivity contribution >= 4 is 11.9 Å². The minimum Gasteiger partial charge on any atom is -0.351 e. The van der Waals surface area contributed by atoms with E-state index in [2.05, 4.69) is 46.8 Å². The van der Waals surface area contributed by atoms with Gasteiger partial charge in [0, 0.05) is 18.5 Å². The maximum absolute atomic E-state index is 11.8. The first kappa shape index (κ1) is 15.6. The monoisotopic (exact) mass is 313 g/mol. The third-order valence-electron chi connectivity index (χ3n) is 4.99. The summed E-state index contributed by atoms with van der Waals surface area (Å²) in [6, 6.07) is 8.35. The molecule has 0 saturated heterocycles. The third kappa shape index (κ3) is 3.23. The zero-order valence-electron chi connectivity index (χ0n) is 13.2. The fraction of sp³-hybridized carbons (Fsp3) is 0.444. The van der Waals surface area contributed by atoms with Gasteiger partial charge in [-0.3, -0.25) is 4.79 Å². The first-order valence-electron chi connectivity index (χ1n) is 8.13. The maximum Gasteiger partial charge on any atom is 0.315 e. The summed E-state index contributed by atoms with van der Waals surface area (Å²) in [5.41, 5.74) is 3.21. The van der Waals surface area contributed by atoms with Crippen molar-refractivity contribution in [2.45, 2.75) is 24.7 Å². The molecule has 0 heterocycles. The molecule has 3 amide bonds. The van der Waals surface area contributed by atoms with Crippen molar-refractivity contribution in [2.75, 3.05) is 19.6 Å². The van der Waals surface area contributed by atoms with Crippen LogP contribution in [0.4, 0.5) is 4.79 Å². The third-order valence-corrected chi connectivity index (χ3v) is 4.99. The van der Waals surface area contributed by atoms with Crippen LogP contribution in [0.2, 0.25) is 0 Å². The maximum atomic E-state index is 11.8. The normalized spacial score (nSPS) is 23.9. The van der Waals surface area contributed by atoms with Crippen LogP contribution >= 0.6 is 0 Å². The van der Waals surface area contributed by atoms with E-state index in [0.29, 0.717) is 19.0 Å². The van der Waals surface area contributed by atoms with E-state index in [1.165, 1.54) is 17.5 Å². The van der Waals surface area contributed by atoms with Crippen LogP contribution in [0.5, 0.6) is 0 Å². The minimum atomic E-state index is -0.285. The predicted octanol–water partition coefficient (Wildman–Crippen LogP) is 1.49. The number of hydrogen-bond acceptors (Lipinski definition) is 2. The predicted molar refractivity (Wildman–Crippen MR) is 89.2 cm³/mol. The number of amides is 3. The van der Waals surface area contributed by atoms with Crippen LogP contribution in [-0.2, 0) is 16.6 Å². The number of aryl methyl sites for hydroxylation is 1. The van der Waals surface area contributed by atoms with Gasteiger partial charge >= 0.3 is 6.03 Å². The highest BCUT2D eigenvalue weighted by Gasteiger charge is 2.57. The van der Waals surface area contributed by atoms with Gasteiger partial charge in [-0.05, 0) is 36.3 Å². The summed E-state index contributed by atoms with van der Waals surface area (Å²) >= 11 is 0. The van der Waals surface area contributed by atoms with Gasteiger partial charge in [0.1, 0.15) is 0 Å². The minimum absolute atomic E-state index is 0.0156. The number of fused-ring (bicyclic) bond motifs is 2. The van der Waals surface area contributed by atoms with Crippen molar-refractivity contribution in [3.05, 3.63) is 48.0 Å².